The zero-order chi connectivity index (χ0) is 18.9. The van der Waals surface area contributed by atoms with Gasteiger partial charge in [0.15, 0.2) is 5.13 Å². The molecule has 10 heteroatoms. The molecule has 3 rings (SSSR count). The van der Waals surface area contributed by atoms with Gasteiger partial charge in [-0.2, -0.15) is 4.31 Å². The number of nitrogens with zero attached hydrogens (tertiary/aromatic N) is 2. The second-order valence-corrected chi connectivity index (χ2v) is 8.86. The van der Waals surface area contributed by atoms with E-state index >= 15 is 0 Å². The number of hydrogen-bond acceptors (Lipinski definition) is 7. The number of hydrogen-bond donors (Lipinski definition) is 1. The molecule has 0 saturated carbocycles. The van der Waals surface area contributed by atoms with Gasteiger partial charge in [0.2, 0.25) is 10.0 Å². The predicted molar refractivity (Wildman–Crippen MR) is 98.6 cm³/mol. The van der Waals surface area contributed by atoms with Crippen LogP contribution in [0, 0.1) is 0 Å². The van der Waals surface area contributed by atoms with Gasteiger partial charge in [-0.1, -0.05) is 0 Å². The maximum Gasteiger partial charge on any atom is 0.257 e. The fraction of sp³-hybridized carbons (Fsp3) is 0.375. The molecule has 0 bridgehead atoms. The van der Waals surface area contributed by atoms with Crippen molar-refractivity contribution in [1.29, 1.82) is 0 Å². The maximum atomic E-state index is 12.5. The summed E-state index contributed by atoms with van der Waals surface area (Å²) >= 11 is 1.29. The van der Waals surface area contributed by atoms with Crippen molar-refractivity contribution in [3.63, 3.8) is 0 Å². The average molecular weight is 397 g/mol. The normalized spacial score (nSPS) is 14.6. The molecule has 1 aliphatic rings. The summed E-state index contributed by atoms with van der Waals surface area (Å²) < 4.78 is 35.2. The Kier molecular flexibility index (Phi) is 5.17. The SMILES string of the molecule is COc1cc(OC)cc(C(=O)Nc2nc3c(s2)CN(S(C)(=O)=O)CC3)c1. The molecule has 0 fully saturated rings. The Hall–Kier alpha value is -2.17. The molecule has 1 aromatic carbocycles. The first-order chi connectivity index (χ1) is 12.3. The van der Waals surface area contributed by atoms with E-state index in [1.165, 1.54) is 36.1 Å². The highest BCUT2D eigenvalue weighted by Gasteiger charge is 2.26. The third-order valence-corrected chi connectivity index (χ3v) is 6.25. The number of rotatable bonds is 5. The van der Waals surface area contributed by atoms with Crippen molar-refractivity contribution in [2.24, 2.45) is 0 Å². The smallest absolute Gasteiger partial charge is 0.257 e. The van der Waals surface area contributed by atoms with Crippen molar-refractivity contribution >= 4 is 32.4 Å². The lowest BCUT2D eigenvalue weighted by Crippen LogP contribution is -2.34. The molecular weight excluding hydrogens is 378 g/mol. The lowest BCUT2D eigenvalue weighted by molar-refractivity contribution is 0.102. The van der Waals surface area contributed by atoms with Crippen LogP contribution in [0.5, 0.6) is 11.5 Å². The summed E-state index contributed by atoms with van der Waals surface area (Å²) in [6.07, 6.45) is 1.72. The highest BCUT2D eigenvalue weighted by atomic mass is 32.2. The van der Waals surface area contributed by atoms with Crippen molar-refractivity contribution in [1.82, 2.24) is 9.29 Å². The number of benzene rings is 1. The molecule has 0 radical (unpaired) electrons. The standard InChI is InChI=1S/C16H19N3O5S2/c1-23-11-6-10(7-12(8-11)24-2)15(20)18-16-17-13-4-5-19(26(3,21)22)9-14(13)25-16/h6-8H,4-5,9H2,1-3H3,(H,17,18,20). The molecule has 0 unspecified atom stereocenters. The van der Waals surface area contributed by atoms with Gasteiger partial charge in [-0.3, -0.25) is 10.1 Å². The lowest BCUT2D eigenvalue weighted by Gasteiger charge is -2.23. The van der Waals surface area contributed by atoms with Crippen molar-refractivity contribution < 1.29 is 22.7 Å². The van der Waals surface area contributed by atoms with E-state index in [1.54, 1.807) is 18.2 Å². The van der Waals surface area contributed by atoms with E-state index in [2.05, 4.69) is 10.3 Å². The molecule has 1 amide bonds. The zero-order valence-corrected chi connectivity index (χ0v) is 16.2. The highest BCUT2D eigenvalue weighted by molar-refractivity contribution is 7.88. The van der Waals surface area contributed by atoms with Gasteiger partial charge in [-0.15, -0.1) is 11.3 Å². The summed E-state index contributed by atoms with van der Waals surface area (Å²) in [5.41, 5.74) is 1.21. The first kappa shape index (κ1) is 18.6. The molecule has 1 N–H and O–H groups in total. The van der Waals surface area contributed by atoms with E-state index in [0.29, 0.717) is 35.2 Å². The van der Waals surface area contributed by atoms with Crippen molar-refractivity contribution in [3.05, 3.63) is 34.3 Å². The van der Waals surface area contributed by atoms with Crippen LogP contribution in [0.1, 0.15) is 20.9 Å². The van der Waals surface area contributed by atoms with Gasteiger partial charge in [-0.05, 0) is 12.1 Å². The quantitative estimate of drug-likeness (QED) is 0.825. The number of carbonyl (C=O) groups excluding carboxylic acids is 1. The van der Waals surface area contributed by atoms with Crippen molar-refractivity contribution in [3.8, 4) is 11.5 Å². The van der Waals surface area contributed by atoms with Gasteiger partial charge >= 0.3 is 0 Å². The second-order valence-electron chi connectivity index (χ2n) is 5.79. The van der Waals surface area contributed by atoms with E-state index in [0.717, 1.165) is 10.6 Å². The van der Waals surface area contributed by atoms with Gasteiger partial charge in [0.25, 0.3) is 5.91 Å². The number of ether oxygens (including phenoxy) is 2. The molecule has 1 aliphatic heterocycles. The molecule has 2 aromatic rings. The van der Waals surface area contributed by atoms with Crippen molar-refractivity contribution in [2.75, 3.05) is 32.3 Å². The topological polar surface area (TPSA) is 97.8 Å². The minimum absolute atomic E-state index is 0.286. The number of carbonyl (C=O) groups is 1. The van der Waals surface area contributed by atoms with Crippen LogP contribution in [-0.4, -0.2) is 50.6 Å². The molecule has 0 saturated heterocycles. The number of aromatic nitrogens is 1. The van der Waals surface area contributed by atoms with E-state index < -0.39 is 10.0 Å². The Balaban J connectivity index is 1.79. The van der Waals surface area contributed by atoms with Crippen LogP contribution in [0.4, 0.5) is 5.13 Å². The van der Waals surface area contributed by atoms with Crippen LogP contribution < -0.4 is 14.8 Å². The molecule has 2 heterocycles. The lowest BCUT2D eigenvalue weighted by atomic mass is 10.2. The summed E-state index contributed by atoms with van der Waals surface area (Å²) in [6.45, 7) is 0.685. The number of nitrogens with one attached hydrogen (secondary N) is 1. The molecule has 140 valence electrons. The average Bonchev–Trinajstić information content (AvgIpc) is 3.01. The van der Waals surface area contributed by atoms with Crippen LogP contribution in [0.15, 0.2) is 18.2 Å². The monoisotopic (exact) mass is 397 g/mol. The largest absolute Gasteiger partial charge is 0.497 e. The van der Waals surface area contributed by atoms with Gasteiger partial charge < -0.3 is 9.47 Å². The zero-order valence-electron chi connectivity index (χ0n) is 14.6. The summed E-state index contributed by atoms with van der Waals surface area (Å²) in [5.74, 6) is 0.682. The number of sulfonamides is 1. The number of thiazole rings is 1. The Morgan fingerprint density at radius 3 is 2.46 bits per heavy atom. The first-order valence-corrected chi connectivity index (χ1v) is 10.4. The number of methoxy groups -OCH3 is 2. The van der Waals surface area contributed by atoms with Gasteiger partial charge in [0.1, 0.15) is 11.5 Å². The molecule has 0 aliphatic carbocycles. The van der Waals surface area contributed by atoms with E-state index in [1.807, 2.05) is 0 Å². The minimum atomic E-state index is -3.24. The van der Waals surface area contributed by atoms with Gasteiger partial charge in [0.05, 0.1) is 26.2 Å². The Morgan fingerprint density at radius 2 is 1.88 bits per heavy atom. The van der Waals surface area contributed by atoms with Crippen LogP contribution in [0.25, 0.3) is 0 Å². The third-order valence-electron chi connectivity index (χ3n) is 4.00. The summed E-state index contributed by atoms with van der Waals surface area (Å²) in [7, 11) is -0.218. The Bertz CT molecular complexity index is 917. The van der Waals surface area contributed by atoms with Gasteiger partial charge in [-0.25, -0.2) is 13.4 Å². The number of amides is 1. The van der Waals surface area contributed by atoms with Crippen LogP contribution in [-0.2, 0) is 23.0 Å². The summed E-state index contributed by atoms with van der Waals surface area (Å²) in [6, 6.07) is 4.90. The van der Waals surface area contributed by atoms with Crippen LogP contribution >= 0.6 is 11.3 Å². The summed E-state index contributed by atoms with van der Waals surface area (Å²) in [5, 5.41) is 3.20. The fourth-order valence-electron chi connectivity index (χ4n) is 2.62. The fourth-order valence-corrected chi connectivity index (χ4v) is 4.50. The predicted octanol–water partition coefficient (Wildman–Crippen LogP) is 1.73. The summed E-state index contributed by atoms with van der Waals surface area (Å²) in [4.78, 5) is 17.8. The first-order valence-electron chi connectivity index (χ1n) is 7.78. The second kappa shape index (κ2) is 7.22. The Morgan fingerprint density at radius 1 is 1.23 bits per heavy atom. The van der Waals surface area contributed by atoms with E-state index in [-0.39, 0.29) is 12.5 Å². The number of anilines is 1. The molecule has 0 atom stereocenters. The minimum Gasteiger partial charge on any atom is -0.497 e. The molecule has 0 spiro atoms. The van der Waals surface area contributed by atoms with Crippen LogP contribution in [0.3, 0.4) is 0 Å². The third kappa shape index (κ3) is 3.97. The van der Waals surface area contributed by atoms with Crippen LogP contribution in [0.2, 0.25) is 0 Å². The van der Waals surface area contributed by atoms with E-state index in [4.69, 9.17) is 9.47 Å². The Labute approximate surface area is 155 Å². The maximum absolute atomic E-state index is 12.5. The molecular formula is C16H19N3O5S2. The van der Waals surface area contributed by atoms with Gasteiger partial charge in [0, 0.05) is 36.0 Å². The molecule has 8 nitrogen and oxygen atoms in total. The van der Waals surface area contributed by atoms with E-state index in [9.17, 15) is 13.2 Å². The van der Waals surface area contributed by atoms with Crippen molar-refractivity contribution in [2.45, 2.75) is 13.0 Å². The number of fused-ring (bicyclic) bond motifs is 1. The molecule has 26 heavy (non-hydrogen) atoms. The highest BCUT2D eigenvalue weighted by Crippen LogP contribution is 2.30. The molecule has 1 aromatic heterocycles.